The monoisotopic (exact) mass is 337 g/mol. The van der Waals surface area contributed by atoms with Crippen molar-refractivity contribution in [2.45, 2.75) is 6.92 Å². The molecule has 1 aliphatic rings. The maximum Gasteiger partial charge on any atom is 0.262 e. The van der Waals surface area contributed by atoms with Crippen molar-refractivity contribution in [2.75, 3.05) is 11.9 Å². The van der Waals surface area contributed by atoms with E-state index in [1.807, 2.05) is 0 Å². The van der Waals surface area contributed by atoms with Gasteiger partial charge in [0.15, 0.2) is 0 Å². The highest BCUT2D eigenvalue weighted by atomic mass is 16.4. The molecular formula is C18H13N2O5-. The maximum atomic E-state index is 12.2. The van der Waals surface area contributed by atoms with Gasteiger partial charge in [0.1, 0.15) is 6.54 Å². The summed E-state index contributed by atoms with van der Waals surface area (Å²) < 4.78 is 0. The van der Waals surface area contributed by atoms with E-state index in [9.17, 15) is 24.3 Å². The van der Waals surface area contributed by atoms with Crippen molar-refractivity contribution < 1.29 is 24.3 Å². The molecule has 0 fully saturated rings. The molecule has 1 heterocycles. The number of amides is 3. The van der Waals surface area contributed by atoms with E-state index >= 15 is 0 Å². The molecule has 1 aliphatic heterocycles. The first-order chi connectivity index (χ1) is 11.9. The second kappa shape index (κ2) is 6.20. The van der Waals surface area contributed by atoms with Gasteiger partial charge in [-0.3, -0.25) is 19.3 Å². The summed E-state index contributed by atoms with van der Waals surface area (Å²) in [7, 11) is 0. The Morgan fingerprint density at radius 3 is 2.20 bits per heavy atom. The normalized spacial score (nSPS) is 12.9. The fraction of sp³-hybridized carbons (Fsp3) is 0.111. The molecule has 0 unspecified atom stereocenters. The second-order valence-corrected chi connectivity index (χ2v) is 5.61. The lowest BCUT2D eigenvalue weighted by molar-refractivity contribution is -0.255. The zero-order valence-electron chi connectivity index (χ0n) is 13.2. The Morgan fingerprint density at radius 1 is 1.04 bits per heavy atom. The van der Waals surface area contributed by atoms with Gasteiger partial charge in [-0.1, -0.05) is 24.3 Å². The molecule has 0 bridgehead atoms. The zero-order valence-corrected chi connectivity index (χ0v) is 13.2. The van der Waals surface area contributed by atoms with E-state index in [2.05, 4.69) is 5.32 Å². The topological polar surface area (TPSA) is 107 Å². The summed E-state index contributed by atoms with van der Waals surface area (Å²) in [6.07, 6.45) is 0. The van der Waals surface area contributed by atoms with Crippen LogP contribution in [0.4, 0.5) is 5.69 Å². The molecule has 3 rings (SSSR count). The van der Waals surface area contributed by atoms with Crippen molar-refractivity contribution in [2.24, 2.45) is 0 Å². The van der Waals surface area contributed by atoms with Gasteiger partial charge in [-0.25, -0.2) is 0 Å². The molecule has 0 aliphatic carbocycles. The van der Waals surface area contributed by atoms with Gasteiger partial charge in [-0.2, -0.15) is 0 Å². The molecule has 0 saturated heterocycles. The number of carboxylic acid groups (broad SMARTS) is 1. The van der Waals surface area contributed by atoms with E-state index in [0.29, 0.717) is 5.56 Å². The SMILES string of the molecule is Cc1ccc(C(=O)[O-])cc1NC(=O)CN1C(=O)c2ccccc2C1=O. The molecule has 7 nitrogen and oxygen atoms in total. The summed E-state index contributed by atoms with van der Waals surface area (Å²) in [5.41, 5.74) is 1.36. The van der Waals surface area contributed by atoms with Gasteiger partial charge in [0, 0.05) is 5.69 Å². The van der Waals surface area contributed by atoms with Crippen LogP contribution in [0.5, 0.6) is 0 Å². The van der Waals surface area contributed by atoms with Gasteiger partial charge < -0.3 is 15.2 Å². The van der Waals surface area contributed by atoms with E-state index < -0.39 is 30.2 Å². The number of aromatic carboxylic acids is 1. The minimum Gasteiger partial charge on any atom is -0.545 e. The number of hydrogen-bond donors (Lipinski definition) is 1. The average molecular weight is 337 g/mol. The van der Waals surface area contributed by atoms with Crippen LogP contribution in [0.15, 0.2) is 42.5 Å². The number of nitrogens with zero attached hydrogens (tertiary/aromatic N) is 1. The first-order valence-electron chi connectivity index (χ1n) is 7.45. The largest absolute Gasteiger partial charge is 0.545 e. The number of carbonyl (C=O) groups excluding carboxylic acids is 4. The van der Waals surface area contributed by atoms with Crippen LogP contribution in [0.2, 0.25) is 0 Å². The molecule has 0 atom stereocenters. The molecule has 2 aromatic rings. The van der Waals surface area contributed by atoms with Gasteiger partial charge >= 0.3 is 0 Å². The van der Waals surface area contributed by atoms with E-state index in [1.54, 1.807) is 19.1 Å². The lowest BCUT2D eigenvalue weighted by Crippen LogP contribution is -2.37. The number of imide groups is 1. The molecule has 0 radical (unpaired) electrons. The fourth-order valence-electron chi connectivity index (χ4n) is 2.60. The van der Waals surface area contributed by atoms with Gasteiger partial charge in [-0.15, -0.1) is 0 Å². The lowest BCUT2D eigenvalue weighted by Gasteiger charge is -2.15. The van der Waals surface area contributed by atoms with Crippen LogP contribution in [-0.2, 0) is 4.79 Å². The van der Waals surface area contributed by atoms with Crippen molar-refractivity contribution in [1.82, 2.24) is 4.90 Å². The summed E-state index contributed by atoms with van der Waals surface area (Å²) >= 11 is 0. The Morgan fingerprint density at radius 2 is 1.64 bits per heavy atom. The van der Waals surface area contributed by atoms with Gasteiger partial charge in [0.2, 0.25) is 5.91 Å². The lowest BCUT2D eigenvalue weighted by atomic mass is 10.1. The smallest absolute Gasteiger partial charge is 0.262 e. The zero-order chi connectivity index (χ0) is 18.1. The molecule has 1 N–H and O–H groups in total. The summed E-state index contributed by atoms with van der Waals surface area (Å²) in [5.74, 6) is -3.03. The standard InChI is InChI=1S/C18H14N2O5/c1-10-6-7-11(18(24)25)8-14(10)19-15(21)9-20-16(22)12-4-2-3-5-13(12)17(20)23/h2-8H,9H2,1H3,(H,19,21)(H,24,25)/p-1. The third kappa shape index (κ3) is 2.99. The number of benzene rings is 2. The summed E-state index contributed by atoms with van der Waals surface area (Å²) in [6.45, 7) is 1.23. The average Bonchev–Trinajstić information content (AvgIpc) is 2.82. The van der Waals surface area contributed by atoms with Crippen molar-refractivity contribution in [1.29, 1.82) is 0 Å². The predicted molar refractivity (Wildman–Crippen MR) is 85.9 cm³/mol. The second-order valence-electron chi connectivity index (χ2n) is 5.61. The number of aryl methyl sites for hydroxylation is 1. The highest BCUT2D eigenvalue weighted by Gasteiger charge is 2.36. The number of hydrogen-bond acceptors (Lipinski definition) is 5. The molecule has 126 valence electrons. The van der Waals surface area contributed by atoms with Crippen LogP contribution in [-0.4, -0.2) is 35.1 Å². The van der Waals surface area contributed by atoms with Crippen LogP contribution in [0, 0.1) is 6.92 Å². The minimum atomic E-state index is -1.36. The molecule has 3 amide bonds. The Bertz CT molecular complexity index is 884. The fourth-order valence-corrected chi connectivity index (χ4v) is 2.60. The minimum absolute atomic E-state index is 0.0818. The quantitative estimate of drug-likeness (QED) is 0.822. The molecule has 0 spiro atoms. The molecular weight excluding hydrogens is 324 g/mol. The van der Waals surface area contributed by atoms with E-state index in [-0.39, 0.29) is 22.4 Å². The van der Waals surface area contributed by atoms with Crippen molar-refractivity contribution in [3.8, 4) is 0 Å². The summed E-state index contributed by atoms with van der Waals surface area (Å²) in [4.78, 5) is 48.5. The molecule has 7 heteroatoms. The molecule has 25 heavy (non-hydrogen) atoms. The van der Waals surface area contributed by atoms with Gasteiger partial charge in [0.25, 0.3) is 11.8 Å². The third-order valence-electron chi connectivity index (χ3n) is 3.93. The van der Waals surface area contributed by atoms with Crippen LogP contribution >= 0.6 is 0 Å². The summed E-state index contributed by atoms with van der Waals surface area (Å²) in [6, 6.07) is 10.5. The number of fused-ring (bicyclic) bond motifs is 1. The van der Waals surface area contributed by atoms with Crippen molar-refractivity contribution >= 4 is 29.4 Å². The molecule has 0 saturated carbocycles. The van der Waals surface area contributed by atoms with Crippen LogP contribution < -0.4 is 10.4 Å². The molecule has 2 aromatic carbocycles. The van der Waals surface area contributed by atoms with Crippen LogP contribution in [0.3, 0.4) is 0 Å². The third-order valence-corrected chi connectivity index (χ3v) is 3.93. The van der Waals surface area contributed by atoms with Crippen molar-refractivity contribution in [3.05, 3.63) is 64.7 Å². The highest BCUT2D eigenvalue weighted by molar-refractivity contribution is 6.22. The van der Waals surface area contributed by atoms with Crippen LogP contribution in [0.1, 0.15) is 36.6 Å². The first kappa shape index (κ1) is 16.4. The number of carboxylic acids is 1. The van der Waals surface area contributed by atoms with E-state index in [1.165, 1.54) is 30.3 Å². The van der Waals surface area contributed by atoms with E-state index in [4.69, 9.17) is 0 Å². The van der Waals surface area contributed by atoms with Crippen LogP contribution in [0.25, 0.3) is 0 Å². The van der Waals surface area contributed by atoms with Gasteiger partial charge in [0.05, 0.1) is 17.1 Å². The Hall–Kier alpha value is -3.48. The Balaban J connectivity index is 1.76. The number of nitrogens with one attached hydrogen (secondary N) is 1. The number of rotatable bonds is 4. The van der Waals surface area contributed by atoms with E-state index in [0.717, 1.165) is 4.90 Å². The first-order valence-corrected chi connectivity index (χ1v) is 7.45. The summed E-state index contributed by atoms with van der Waals surface area (Å²) in [5, 5.41) is 13.4. The number of carbonyl (C=O) groups is 4. The maximum absolute atomic E-state index is 12.2. The van der Waals surface area contributed by atoms with Gasteiger partial charge in [-0.05, 0) is 36.2 Å². The highest BCUT2D eigenvalue weighted by Crippen LogP contribution is 2.22. The Kier molecular flexibility index (Phi) is 4.06. The Labute approximate surface area is 142 Å². The number of anilines is 1. The molecule has 0 aromatic heterocycles. The predicted octanol–water partition coefficient (Wildman–Crippen LogP) is 0.593. The van der Waals surface area contributed by atoms with Crippen molar-refractivity contribution in [3.63, 3.8) is 0 Å².